The predicted molar refractivity (Wildman–Crippen MR) is 192 cm³/mol. The van der Waals surface area contributed by atoms with E-state index >= 15 is 0 Å². The third-order valence-electron chi connectivity index (χ3n) is 8.94. The number of nitrogens with zero attached hydrogens (tertiary/aromatic N) is 4. The van der Waals surface area contributed by atoms with Crippen LogP contribution in [0.15, 0.2) is 72.8 Å². The van der Waals surface area contributed by atoms with E-state index in [0.717, 1.165) is 33.2 Å². The number of fused-ring (bicyclic) bond motifs is 4. The molecule has 10 heteroatoms. The maximum absolute atomic E-state index is 13.6. The molecule has 6 rings (SSSR count). The molecule has 2 unspecified atom stereocenters. The fourth-order valence-corrected chi connectivity index (χ4v) is 6.75. The highest BCUT2D eigenvalue weighted by atomic mass is 16.2. The van der Waals surface area contributed by atoms with Crippen LogP contribution in [0.5, 0.6) is 0 Å². The van der Waals surface area contributed by atoms with Gasteiger partial charge in [-0.15, -0.1) is 0 Å². The summed E-state index contributed by atoms with van der Waals surface area (Å²) < 4.78 is 0. The highest BCUT2D eigenvalue weighted by molar-refractivity contribution is 6.07. The molecule has 48 heavy (non-hydrogen) atoms. The molecule has 4 aromatic carbocycles. The zero-order valence-corrected chi connectivity index (χ0v) is 27.9. The summed E-state index contributed by atoms with van der Waals surface area (Å²) in [5, 5.41) is 6.28. The normalized spacial score (nSPS) is 14.2. The van der Waals surface area contributed by atoms with E-state index < -0.39 is 5.54 Å². The van der Waals surface area contributed by atoms with Crippen LogP contribution in [0.2, 0.25) is 0 Å². The largest absolute Gasteiger partial charge is 0.349 e. The lowest BCUT2D eigenvalue weighted by atomic mass is 9.82. The fraction of sp³-hybridized carbons (Fsp3) is 0.316. The highest BCUT2D eigenvalue weighted by Crippen LogP contribution is 2.26. The predicted octanol–water partition coefficient (Wildman–Crippen LogP) is 5.65. The van der Waals surface area contributed by atoms with Crippen molar-refractivity contribution in [1.82, 2.24) is 30.6 Å². The fourth-order valence-electron chi connectivity index (χ4n) is 6.75. The molecular weight excluding hydrogens is 600 g/mol. The second-order valence-electron chi connectivity index (χ2n) is 13.1. The monoisotopic (exact) mass is 642 g/mol. The van der Waals surface area contributed by atoms with E-state index in [4.69, 9.17) is 31.4 Å². The second kappa shape index (κ2) is 13.6. The Balaban J connectivity index is 1.17. The topological polar surface area (TPSA) is 162 Å². The molecule has 0 aliphatic rings. The van der Waals surface area contributed by atoms with E-state index in [1.807, 2.05) is 88.4 Å². The van der Waals surface area contributed by atoms with Crippen molar-refractivity contribution >= 4 is 55.9 Å². The molecule has 6 N–H and O–H groups in total. The molecular formula is C38H42N8O2. The van der Waals surface area contributed by atoms with Crippen molar-refractivity contribution < 1.29 is 9.59 Å². The zero-order valence-electron chi connectivity index (χ0n) is 27.9. The number of nitrogens with two attached hydrogens (primary N) is 2. The molecule has 2 heterocycles. The van der Waals surface area contributed by atoms with Gasteiger partial charge in [0.2, 0.25) is 0 Å². The minimum absolute atomic E-state index is 0.238. The maximum Gasteiger partial charge on any atom is 0.253 e. The number of para-hydroxylation sites is 4. The lowest BCUT2D eigenvalue weighted by Gasteiger charge is -2.35. The average Bonchev–Trinajstić information content (AvgIpc) is 3.05. The Morgan fingerprint density at radius 2 is 1.04 bits per heavy atom. The molecule has 246 valence electrons. The first kappa shape index (κ1) is 32.9. The first-order chi connectivity index (χ1) is 23.0. The molecule has 0 radical (unpaired) electrons. The summed E-state index contributed by atoms with van der Waals surface area (Å²) in [4.78, 5) is 46.4. The van der Waals surface area contributed by atoms with Gasteiger partial charge in [-0.2, -0.15) is 0 Å². The molecule has 0 saturated heterocycles. The van der Waals surface area contributed by atoms with Crippen LogP contribution in [-0.4, -0.2) is 55.9 Å². The van der Waals surface area contributed by atoms with Crippen molar-refractivity contribution in [3.05, 3.63) is 95.1 Å². The summed E-state index contributed by atoms with van der Waals surface area (Å²) >= 11 is 0. The van der Waals surface area contributed by atoms with E-state index in [0.29, 0.717) is 65.4 Å². The number of rotatable bonds is 11. The smallest absolute Gasteiger partial charge is 0.253 e. The lowest BCUT2D eigenvalue weighted by Crippen LogP contribution is -2.51. The van der Waals surface area contributed by atoms with Crippen molar-refractivity contribution in [2.24, 2.45) is 11.5 Å². The third-order valence-corrected chi connectivity index (χ3v) is 8.94. The molecule has 0 aliphatic carbocycles. The Kier molecular flexibility index (Phi) is 9.30. The van der Waals surface area contributed by atoms with Crippen LogP contribution in [0.1, 0.15) is 71.4 Å². The van der Waals surface area contributed by atoms with Gasteiger partial charge in [0.25, 0.3) is 11.8 Å². The summed E-state index contributed by atoms with van der Waals surface area (Å²) in [7, 11) is 0. The van der Waals surface area contributed by atoms with Crippen molar-refractivity contribution in [1.29, 1.82) is 0 Å². The summed E-state index contributed by atoms with van der Waals surface area (Å²) in [5.41, 5.74) is 20.7. The van der Waals surface area contributed by atoms with E-state index in [1.54, 1.807) is 12.1 Å². The van der Waals surface area contributed by atoms with Gasteiger partial charge in [0.15, 0.2) is 0 Å². The Bertz CT molecular complexity index is 2020. The van der Waals surface area contributed by atoms with E-state index in [-0.39, 0.29) is 23.9 Å². The molecule has 2 atom stereocenters. The minimum atomic E-state index is -0.698. The molecule has 0 bridgehead atoms. The maximum atomic E-state index is 13.6. The first-order valence-corrected chi connectivity index (χ1v) is 16.5. The molecule has 6 aromatic rings. The van der Waals surface area contributed by atoms with Crippen molar-refractivity contribution in [3.63, 3.8) is 0 Å². The van der Waals surface area contributed by atoms with Crippen LogP contribution >= 0.6 is 0 Å². The van der Waals surface area contributed by atoms with Crippen molar-refractivity contribution in [2.75, 3.05) is 6.54 Å². The van der Waals surface area contributed by atoms with Gasteiger partial charge in [0, 0.05) is 17.6 Å². The van der Waals surface area contributed by atoms with Gasteiger partial charge in [-0.25, -0.2) is 19.9 Å². The van der Waals surface area contributed by atoms with Gasteiger partial charge in [-0.1, -0.05) is 36.4 Å². The van der Waals surface area contributed by atoms with Gasteiger partial charge in [-0.3, -0.25) is 9.59 Å². The number of hydrogen-bond acceptors (Lipinski definition) is 8. The molecule has 0 spiro atoms. The summed E-state index contributed by atoms with van der Waals surface area (Å²) in [5.74, 6) is -0.477. The van der Waals surface area contributed by atoms with Crippen LogP contribution in [0.25, 0.3) is 44.1 Å². The van der Waals surface area contributed by atoms with Gasteiger partial charge in [0.05, 0.1) is 44.2 Å². The van der Waals surface area contributed by atoms with Gasteiger partial charge in [-0.05, 0) is 107 Å². The zero-order chi connectivity index (χ0) is 34.0. The number of carbonyl (C=O) groups is 2. The van der Waals surface area contributed by atoms with Crippen LogP contribution in [-0.2, 0) is 0 Å². The number of amides is 2. The van der Waals surface area contributed by atoms with Crippen LogP contribution in [0.3, 0.4) is 0 Å². The Hall–Kier alpha value is -5.06. The lowest BCUT2D eigenvalue weighted by molar-refractivity contribution is 0.0930. The first-order valence-electron chi connectivity index (χ1n) is 16.5. The average molecular weight is 643 g/mol. The van der Waals surface area contributed by atoms with Gasteiger partial charge < -0.3 is 22.1 Å². The Morgan fingerprint density at radius 1 is 0.646 bits per heavy atom. The SMILES string of the molecule is Cc1cccc2nc3cccc(C(=O)NC(C)CC(N)(CCCN)CC(C)NC(=O)c4cccc5nc6cccc(C)c6nc45)c3nc12. The number of aryl methyl sites for hydroxylation is 2. The van der Waals surface area contributed by atoms with Gasteiger partial charge >= 0.3 is 0 Å². The number of carbonyl (C=O) groups excluding carboxylic acids is 2. The Morgan fingerprint density at radius 3 is 1.46 bits per heavy atom. The highest BCUT2D eigenvalue weighted by Gasteiger charge is 2.31. The summed E-state index contributed by atoms with van der Waals surface area (Å²) in [6, 6.07) is 22.1. The number of nitrogens with one attached hydrogen (secondary N) is 2. The van der Waals surface area contributed by atoms with E-state index in [2.05, 4.69) is 10.6 Å². The third kappa shape index (κ3) is 6.81. The number of benzene rings is 4. The van der Waals surface area contributed by atoms with Crippen molar-refractivity contribution in [2.45, 2.75) is 71.0 Å². The minimum Gasteiger partial charge on any atom is -0.349 e. The molecule has 2 aromatic heterocycles. The van der Waals surface area contributed by atoms with E-state index in [1.165, 1.54) is 0 Å². The second-order valence-corrected chi connectivity index (χ2v) is 13.1. The van der Waals surface area contributed by atoms with E-state index in [9.17, 15) is 9.59 Å². The van der Waals surface area contributed by atoms with Crippen LogP contribution in [0, 0.1) is 13.8 Å². The molecule has 2 amide bonds. The summed E-state index contributed by atoms with van der Waals surface area (Å²) in [6.07, 6.45) is 2.33. The number of aromatic nitrogens is 4. The molecule has 10 nitrogen and oxygen atoms in total. The van der Waals surface area contributed by atoms with Gasteiger partial charge in [0.1, 0.15) is 11.0 Å². The Labute approximate surface area is 279 Å². The van der Waals surface area contributed by atoms with Crippen LogP contribution in [0.4, 0.5) is 0 Å². The molecule has 0 fully saturated rings. The quantitative estimate of drug-likeness (QED) is 0.132. The standard InChI is InChI=1S/C38H42N8O2/c1-22-10-5-14-28-32(22)45-34-26(12-7-16-30(34)43-28)36(47)41-24(3)20-38(40,18-9-19-39)21-25(4)42-37(48)27-13-8-17-31-35(27)46-33-23(2)11-6-15-29(33)44-31/h5-8,10-17,24-25H,9,18-21,39-40H2,1-4H3,(H,41,47)(H,42,48). The summed E-state index contributed by atoms with van der Waals surface area (Å²) in [6.45, 7) is 8.35. The molecule has 0 aliphatic heterocycles. The van der Waals surface area contributed by atoms with Crippen LogP contribution < -0.4 is 22.1 Å². The van der Waals surface area contributed by atoms with Crippen molar-refractivity contribution in [3.8, 4) is 0 Å². The molecule has 0 saturated carbocycles. The number of hydrogen-bond donors (Lipinski definition) is 4.